The minimum atomic E-state index is 0.267. The van der Waals surface area contributed by atoms with Crippen molar-refractivity contribution in [3.63, 3.8) is 0 Å². The normalized spacial score (nSPS) is 23.0. The van der Waals surface area contributed by atoms with Crippen molar-refractivity contribution in [1.29, 1.82) is 0 Å². The van der Waals surface area contributed by atoms with E-state index < -0.39 is 0 Å². The third-order valence-electron chi connectivity index (χ3n) is 4.64. The van der Waals surface area contributed by atoms with Crippen LogP contribution in [0.2, 0.25) is 0 Å². The molecular weight excluding hydrogens is 276 g/mol. The molecule has 1 fully saturated rings. The SMILES string of the molecule is CCN1CCCNCCN(CCO)CCCN(CC)CCC1. The van der Waals surface area contributed by atoms with Crippen LogP contribution in [0, 0.1) is 0 Å². The predicted octanol–water partition coefficient (Wildman–Crippen LogP) is 0.698. The van der Waals surface area contributed by atoms with Crippen LogP contribution in [0.5, 0.6) is 0 Å². The van der Waals surface area contributed by atoms with Gasteiger partial charge in [0, 0.05) is 19.6 Å². The van der Waals surface area contributed by atoms with Crippen molar-refractivity contribution in [3.8, 4) is 0 Å². The van der Waals surface area contributed by atoms with Crippen molar-refractivity contribution >= 4 is 0 Å². The Bertz CT molecular complexity index is 253. The van der Waals surface area contributed by atoms with Gasteiger partial charge in [-0.25, -0.2) is 0 Å². The van der Waals surface area contributed by atoms with Crippen molar-refractivity contribution in [1.82, 2.24) is 20.0 Å². The molecule has 0 aromatic heterocycles. The summed E-state index contributed by atoms with van der Waals surface area (Å²) in [7, 11) is 0. The lowest BCUT2D eigenvalue weighted by Gasteiger charge is -2.25. The van der Waals surface area contributed by atoms with Crippen molar-refractivity contribution < 1.29 is 5.11 Å². The molecule has 0 atom stereocenters. The fourth-order valence-electron chi connectivity index (χ4n) is 3.16. The summed E-state index contributed by atoms with van der Waals surface area (Å²) in [4.78, 5) is 7.54. The topological polar surface area (TPSA) is 42.0 Å². The van der Waals surface area contributed by atoms with Crippen molar-refractivity contribution in [2.24, 2.45) is 0 Å². The second-order valence-electron chi connectivity index (χ2n) is 6.24. The zero-order valence-electron chi connectivity index (χ0n) is 14.9. The van der Waals surface area contributed by atoms with Crippen LogP contribution in [-0.4, -0.2) is 98.4 Å². The third kappa shape index (κ3) is 9.06. The van der Waals surface area contributed by atoms with E-state index in [9.17, 15) is 5.11 Å². The van der Waals surface area contributed by atoms with Crippen LogP contribution >= 0.6 is 0 Å². The van der Waals surface area contributed by atoms with Gasteiger partial charge in [-0.15, -0.1) is 0 Å². The lowest BCUT2D eigenvalue weighted by molar-refractivity contribution is 0.183. The maximum absolute atomic E-state index is 9.20. The standard InChI is InChI=1S/C17H38N4O/c1-3-19-10-5-8-18-9-15-21(16-17-22)14-7-13-20(4-2)12-6-11-19/h18,22H,3-17H2,1-2H3. The molecule has 0 unspecified atom stereocenters. The highest BCUT2D eigenvalue weighted by molar-refractivity contribution is 4.66. The minimum Gasteiger partial charge on any atom is -0.395 e. The molecular formula is C17H38N4O. The number of hydrogen-bond donors (Lipinski definition) is 2. The average molecular weight is 315 g/mol. The Balaban J connectivity index is 2.45. The van der Waals surface area contributed by atoms with Crippen LogP contribution < -0.4 is 5.32 Å². The van der Waals surface area contributed by atoms with Crippen LogP contribution in [-0.2, 0) is 0 Å². The maximum Gasteiger partial charge on any atom is 0.0558 e. The molecule has 5 nitrogen and oxygen atoms in total. The van der Waals surface area contributed by atoms with Gasteiger partial charge in [0.25, 0.3) is 0 Å². The predicted molar refractivity (Wildman–Crippen MR) is 94.5 cm³/mol. The Morgan fingerprint density at radius 1 is 0.727 bits per heavy atom. The quantitative estimate of drug-likeness (QED) is 0.799. The summed E-state index contributed by atoms with van der Waals surface area (Å²) < 4.78 is 0. The molecule has 0 saturated carbocycles. The first-order valence-corrected chi connectivity index (χ1v) is 9.28. The largest absolute Gasteiger partial charge is 0.395 e. The highest BCUT2D eigenvalue weighted by atomic mass is 16.3. The van der Waals surface area contributed by atoms with E-state index >= 15 is 0 Å². The number of nitrogens with one attached hydrogen (secondary N) is 1. The van der Waals surface area contributed by atoms with E-state index in [-0.39, 0.29) is 6.61 Å². The molecule has 1 aliphatic rings. The maximum atomic E-state index is 9.20. The molecule has 2 N–H and O–H groups in total. The summed E-state index contributed by atoms with van der Waals surface area (Å²) in [5.74, 6) is 0. The number of β-amino-alcohol motifs (C(OH)–C–C–N with tert-alkyl or cyclic N) is 1. The highest BCUT2D eigenvalue weighted by Crippen LogP contribution is 2.00. The Labute approximate surface area is 137 Å². The fraction of sp³-hybridized carbons (Fsp3) is 1.00. The molecule has 0 aromatic carbocycles. The van der Waals surface area contributed by atoms with Gasteiger partial charge in [0.15, 0.2) is 0 Å². The van der Waals surface area contributed by atoms with E-state index in [1.54, 1.807) is 0 Å². The van der Waals surface area contributed by atoms with E-state index in [1.165, 1.54) is 45.4 Å². The molecule has 1 aliphatic heterocycles. The summed E-state index contributed by atoms with van der Waals surface area (Å²) in [6, 6.07) is 0. The molecule has 1 saturated heterocycles. The van der Waals surface area contributed by atoms with Gasteiger partial charge in [0.05, 0.1) is 6.61 Å². The molecule has 1 rings (SSSR count). The Hall–Kier alpha value is -0.200. The molecule has 0 aliphatic carbocycles. The minimum absolute atomic E-state index is 0.267. The molecule has 0 amide bonds. The second kappa shape index (κ2) is 13.3. The van der Waals surface area contributed by atoms with E-state index in [2.05, 4.69) is 33.9 Å². The molecule has 5 heteroatoms. The summed E-state index contributed by atoms with van der Waals surface area (Å²) in [5.41, 5.74) is 0. The zero-order valence-corrected chi connectivity index (χ0v) is 14.9. The molecule has 132 valence electrons. The number of aliphatic hydroxyl groups is 1. The second-order valence-corrected chi connectivity index (χ2v) is 6.24. The van der Waals surface area contributed by atoms with Crippen LogP contribution in [0.3, 0.4) is 0 Å². The molecule has 1 heterocycles. The van der Waals surface area contributed by atoms with Gasteiger partial charge in [-0.05, 0) is 71.6 Å². The summed E-state index contributed by atoms with van der Waals surface area (Å²) in [5, 5.41) is 12.8. The first kappa shape index (κ1) is 19.8. The Morgan fingerprint density at radius 3 is 1.82 bits per heavy atom. The highest BCUT2D eigenvalue weighted by Gasteiger charge is 2.09. The summed E-state index contributed by atoms with van der Waals surface area (Å²) >= 11 is 0. The molecule has 0 bridgehead atoms. The van der Waals surface area contributed by atoms with Gasteiger partial charge in [-0.2, -0.15) is 0 Å². The van der Waals surface area contributed by atoms with Gasteiger partial charge in [0.1, 0.15) is 0 Å². The van der Waals surface area contributed by atoms with Gasteiger partial charge in [-0.3, -0.25) is 4.90 Å². The number of nitrogens with zero attached hydrogens (tertiary/aromatic N) is 3. The van der Waals surface area contributed by atoms with Gasteiger partial charge in [-0.1, -0.05) is 13.8 Å². The molecule has 0 spiro atoms. The average Bonchev–Trinajstić information content (AvgIpc) is 2.54. The van der Waals surface area contributed by atoms with Crippen LogP contribution in [0.4, 0.5) is 0 Å². The van der Waals surface area contributed by atoms with Crippen molar-refractivity contribution in [2.75, 3.05) is 78.6 Å². The first-order valence-electron chi connectivity index (χ1n) is 9.28. The van der Waals surface area contributed by atoms with E-state index in [0.29, 0.717) is 0 Å². The summed E-state index contributed by atoms with van der Waals surface area (Å²) in [6.07, 6.45) is 3.70. The number of aliphatic hydroxyl groups excluding tert-OH is 1. The zero-order chi connectivity index (χ0) is 16.0. The van der Waals surface area contributed by atoms with Gasteiger partial charge < -0.3 is 20.2 Å². The van der Waals surface area contributed by atoms with Gasteiger partial charge in [0.2, 0.25) is 0 Å². The van der Waals surface area contributed by atoms with E-state index in [4.69, 9.17) is 0 Å². The third-order valence-corrected chi connectivity index (χ3v) is 4.64. The Kier molecular flexibility index (Phi) is 12.0. The summed E-state index contributed by atoms with van der Waals surface area (Å²) in [6.45, 7) is 17.0. The van der Waals surface area contributed by atoms with Crippen molar-refractivity contribution in [3.05, 3.63) is 0 Å². The monoisotopic (exact) mass is 314 g/mol. The smallest absolute Gasteiger partial charge is 0.0558 e. The van der Waals surface area contributed by atoms with E-state index in [0.717, 1.165) is 45.8 Å². The first-order chi connectivity index (χ1) is 10.8. The number of hydrogen-bond acceptors (Lipinski definition) is 5. The van der Waals surface area contributed by atoms with Crippen LogP contribution in [0.25, 0.3) is 0 Å². The van der Waals surface area contributed by atoms with Crippen LogP contribution in [0.15, 0.2) is 0 Å². The molecule has 0 aromatic rings. The lowest BCUT2D eigenvalue weighted by atomic mass is 10.3. The fourth-order valence-corrected chi connectivity index (χ4v) is 3.16. The van der Waals surface area contributed by atoms with E-state index in [1.807, 2.05) is 0 Å². The molecule has 22 heavy (non-hydrogen) atoms. The lowest BCUT2D eigenvalue weighted by Crippen LogP contribution is -2.36. The number of rotatable bonds is 4. The van der Waals surface area contributed by atoms with Gasteiger partial charge >= 0.3 is 0 Å². The van der Waals surface area contributed by atoms with Crippen LogP contribution in [0.1, 0.15) is 33.1 Å². The molecule has 0 radical (unpaired) electrons. The Morgan fingerprint density at radius 2 is 1.27 bits per heavy atom. The van der Waals surface area contributed by atoms with Crippen molar-refractivity contribution in [2.45, 2.75) is 33.1 Å².